The summed E-state index contributed by atoms with van der Waals surface area (Å²) in [5.74, 6) is 1.36. The summed E-state index contributed by atoms with van der Waals surface area (Å²) in [6, 6.07) is 7.57. The molecule has 1 aliphatic heterocycles. The number of benzene rings is 1. The van der Waals surface area contributed by atoms with Crippen LogP contribution in [0.15, 0.2) is 27.1 Å². The number of nitrogens with zero attached hydrogens (tertiary/aromatic N) is 1. The average Bonchev–Trinajstić information content (AvgIpc) is 2.40. The highest BCUT2D eigenvalue weighted by atomic mass is 79.9. The molecule has 0 spiro atoms. The maximum Gasteiger partial charge on any atom is 0.0525 e. The number of hydrogen-bond acceptors (Lipinski definition) is 2. The van der Waals surface area contributed by atoms with Crippen LogP contribution in [0.1, 0.15) is 34.1 Å². The Balaban J connectivity index is 2.27. The Bertz CT molecular complexity index is 474. The molecule has 1 aliphatic rings. The molecule has 21 heavy (non-hydrogen) atoms. The van der Waals surface area contributed by atoms with Crippen molar-refractivity contribution in [3.63, 3.8) is 0 Å². The molecule has 2 atom stereocenters. The Morgan fingerprint density at radius 1 is 1.24 bits per heavy atom. The van der Waals surface area contributed by atoms with E-state index >= 15 is 0 Å². The second kappa shape index (κ2) is 7.47. The van der Waals surface area contributed by atoms with Crippen LogP contribution in [-0.2, 0) is 0 Å². The largest absolute Gasteiger partial charge is 0.365 e. The van der Waals surface area contributed by atoms with Crippen LogP contribution in [0, 0.1) is 11.8 Å². The van der Waals surface area contributed by atoms with Gasteiger partial charge in [-0.25, -0.2) is 0 Å². The molecule has 1 heterocycles. The maximum absolute atomic E-state index is 3.75. The zero-order chi connectivity index (χ0) is 15.6. The van der Waals surface area contributed by atoms with Crippen molar-refractivity contribution < 1.29 is 0 Å². The summed E-state index contributed by atoms with van der Waals surface area (Å²) in [6.07, 6.45) is 1.23. The quantitative estimate of drug-likeness (QED) is 0.736. The van der Waals surface area contributed by atoms with E-state index in [9.17, 15) is 0 Å². The van der Waals surface area contributed by atoms with E-state index in [1.165, 1.54) is 16.6 Å². The monoisotopic (exact) mass is 416 g/mol. The van der Waals surface area contributed by atoms with E-state index in [1.54, 1.807) is 0 Å². The molecule has 0 amide bonds. The van der Waals surface area contributed by atoms with Crippen molar-refractivity contribution in [3.05, 3.63) is 27.1 Å². The lowest BCUT2D eigenvalue weighted by Crippen LogP contribution is -2.58. The van der Waals surface area contributed by atoms with Crippen molar-refractivity contribution in [2.45, 2.75) is 46.2 Å². The predicted octanol–water partition coefficient (Wildman–Crippen LogP) is 5.06. The highest BCUT2D eigenvalue weighted by molar-refractivity contribution is 9.11. The summed E-state index contributed by atoms with van der Waals surface area (Å²) < 4.78 is 2.32. The van der Waals surface area contributed by atoms with Gasteiger partial charge in [0.25, 0.3) is 0 Å². The van der Waals surface area contributed by atoms with Crippen molar-refractivity contribution in [2.75, 3.05) is 18.0 Å². The molecule has 1 saturated heterocycles. The van der Waals surface area contributed by atoms with Crippen LogP contribution in [0.4, 0.5) is 5.69 Å². The van der Waals surface area contributed by atoms with Crippen molar-refractivity contribution in [3.8, 4) is 0 Å². The SMILES string of the molecule is CC(C)CC1CN(c2cc(Br)ccc2Br)C(C(C)C)CN1. The molecule has 118 valence electrons. The van der Waals surface area contributed by atoms with E-state index in [0.29, 0.717) is 18.0 Å². The molecule has 0 saturated carbocycles. The summed E-state index contributed by atoms with van der Waals surface area (Å²) in [5, 5.41) is 3.75. The molecule has 2 rings (SSSR count). The Hall–Kier alpha value is -0.0600. The molecule has 2 unspecified atom stereocenters. The Morgan fingerprint density at radius 3 is 2.57 bits per heavy atom. The third-order valence-corrected chi connectivity index (χ3v) is 5.34. The van der Waals surface area contributed by atoms with Gasteiger partial charge in [0.15, 0.2) is 0 Å². The average molecular weight is 418 g/mol. The van der Waals surface area contributed by atoms with Crippen LogP contribution in [0.3, 0.4) is 0 Å². The van der Waals surface area contributed by atoms with Gasteiger partial charge in [-0.1, -0.05) is 43.6 Å². The van der Waals surface area contributed by atoms with Gasteiger partial charge in [0, 0.05) is 34.1 Å². The molecule has 1 aromatic carbocycles. The highest BCUT2D eigenvalue weighted by Crippen LogP contribution is 2.33. The molecular weight excluding hydrogens is 392 g/mol. The molecule has 4 heteroatoms. The second-order valence-corrected chi connectivity index (χ2v) is 8.56. The van der Waals surface area contributed by atoms with Crippen LogP contribution >= 0.6 is 31.9 Å². The first-order valence-electron chi connectivity index (χ1n) is 7.83. The van der Waals surface area contributed by atoms with Crippen LogP contribution in [0.2, 0.25) is 0 Å². The lowest BCUT2D eigenvalue weighted by molar-refractivity contribution is 0.310. The van der Waals surface area contributed by atoms with Crippen molar-refractivity contribution in [1.29, 1.82) is 0 Å². The summed E-state index contributed by atoms with van der Waals surface area (Å²) in [6.45, 7) is 11.4. The fraction of sp³-hybridized carbons (Fsp3) is 0.647. The lowest BCUT2D eigenvalue weighted by Gasteiger charge is -2.44. The molecule has 0 aromatic heterocycles. The lowest BCUT2D eigenvalue weighted by atomic mass is 9.94. The van der Waals surface area contributed by atoms with Gasteiger partial charge in [0.1, 0.15) is 0 Å². The van der Waals surface area contributed by atoms with Crippen molar-refractivity contribution in [2.24, 2.45) is 11.8 Å². The Kier molecular flexibility index (Phi) is 6.15. The Morgan fingerprint density at radius 2 is 1.95 bits per heavy atom. The minimum absolute atomic E-state index is 0.541. The minimum Gasteiger partial charge on any atom is -0.365 e. The molecule has 1 fully saturated rings. The number of anilines is 1. The number of nitrogens with one attached hydrogen (secondary N) is 1. The van der Waals surface area contributed by atoms with Crippen molar-refractivity contribution >= 4 is 37.5 Å². The van der Waals surface area contributed by atoms with Crippen LogP contribution in [-0.4, -0.2) is 25.2 Å². The van der Waals surface area contributed by atoms with Crippen LogP contribution in [0.5, 0.6) is 0 Å². The van der Waals surface area contributed by atoms with Gasteiger partial charge in [-0.3, -0.25) is 0 Å². The smallest absolute Gasteiger partial charge is 0.0525 e. The number of halogens is 2. The van der Waals surface area contributed by atoms with Gasteiger partial charge in [-0.15, -0.1) is 0 Å². The van der Waals surface area contributed by atoms with Gasteiger partial charge in [0.05, 0.1) is 5.69 Å². The van der Waals surface area contributed by atoms with Gasteiger partial charge in [-0.05, 0) is 52.4 Å². The number of piperazine rings is 1. The van der Waals surface area contributed by atoms with Crippen LogP contribution in [0.25, 0.3) is 0 Å². The summed E-state index contributed by atoms with van der Waals surface area (Å²) in [4.78, 5) is 2.59. The molecule has 0 aliphatic carbocycles. The predicted molar refractivity (Wildman–Crippen MR) is 99.1 cm³/mol. The van der Waals surface area contributed by atoms with E-state index in [1.807, 2.05) is 0 Å². The van der Waals surface area contributed by atoms with Gasteiger partial charge < -0.3 is 10.2 Å². The molecule has 0 bridgehead atoms. The molecular formula is C17H26Br2N2. The van der Waals surface area contributed by atoms with E-state index in [2.05, 4.69) is 88.0 Å². The normalized spacial score (nSPS) is 23.1. The minimum atomic E-state index is 0.541. The van der Waals surface area contributed by atoms with E-state index in [-0.39, 0.29) is 0 Å². The highest BCUT2D eigenvalue weighted by Gasteiger charge is 2.31. The summed E-state index contributed by atoms with van der Waals surface area (Å²) in [5.41, 5.74) is 1.30. The molecule has 0 radical (unpaired) electrons. The topological polar surface area (TPSA) is 15.3 Å². The molecule has 1 N–H and O–H groups in total. The first kappa shape index (κ1) is 17.3. The first-order valence-corrected chi connectivity index (χ1v) is 9.42. The zero-order valence-electron chi connectivity index (χ0n) is 13.4. The molecule has 2 nitrogen and oxygen atoms in total. The van der Waals surface area contributed by atoms with E-state index in [0.717, 1.165) is 23.5 Å². The van der Waals surface area contributed by atoms with Gasteiger partial charge in [0.2, 0.25) is 0 Å². The zero-order valence-corrected chi connectivity index (χ0v) is 16.5. The van der Waals surface area contributed by atoms with Gasteiger partial charge in [-0.2, -0.15) is 0 Å². The Labute approximate surface area is 145 Å². The third kappa shape index (κ3) is 4.46. The second-order valence-electron chi connectivity index (χ2n) is 6.79. The van der Waals surface area contributed by atoms with Crippen molar-refractivity contribution in [1.82, 2.24) is 5.32 Å². The number of hydrogen-bond donors (Lipinski definition) is 1. The van der Waals surface area contributed by atoms with Crippen LogP contribution < -0.4 is 10.2 Å². The number of rotatable bonds is 4. The fourth-order valence-corrected chi connectivity index (χ4v) is 3.96. The summed E-state index contributed by atoms with van der Waals surface area (Å²) in [7, 11) is 0. The van der Waals surface area contributed by atoms with E-state index in [4.69, 9.17) is 0 Å². The van der Waals surface area contributed by atoms with Gasteiger partial charge >= 0.3 is 0 Å². The van der Waals surface area contributed by atoms with E-state index < -0.39 is 0 Å². The maximum atomic E-state index is 3.75. The molecule has 1 aromatic rings. The third-order valence-electron chi connectivity index (χ3n) is 4.18. The first-order chi connectivity index (χ1) is 9.88. The fourth-order valence-electron chi connectivity index (χ4n) is 3.14. The standard InChI is InChI=1S/C17H26Br2N2/c1-11(2)7-14-10-21(17(9-20-14)12(3)4)16-8-13(18)5-6-15(16)19/h5-6,8,11-12,14,17,20H,7,9-10H2,1-4H3. The summed E-state index contributed by atoms with van der Waals surface area (Å²) >= 11 is 7.34.